The molecule has 11 atom stereocenters. The quantitative estimate of drug-likeness (QED) is 0.242. The smallest absolute Gasteiger partial charge is 0.340 e. The second-order valence-corrected chi connectivity index (χ2v) is 17.1. The number of carbonyl (C=O) groups excluding carboxylic acids is 8. The number of nitrogens with zero attached hydrogens (tertiary/aromatic N) is 1. The first-order valence-corrected chi connectivity index (χ1v) is 20.6. The van der Waals surface area contributed by atoms with E-state index in [2.05, 4.69) is 4.98 Å². The molecule has 2 aliphatic carbocycles. The fourth-order valence-electron chi connectivity index (χ4n) is 9.75. The maximum absolute atomic E-state index is 15.6. The summed E-state index contributed by atoms with van der Waals surface area (Å²) in [5.74, 6) is -11.1. The Kier molecular flexibility index (Phi) is 12.2. The Bertz CT molecular complexity index is 2420. The number of benzene rings is 2. The van der Waals surface area contributed by atoms with E-state index >= 15 is 4.79 Å². The van der Waals surface area contributed by atoms with Crippen LogP contribution in [0.3, 0.4) is 0 Å². The number of esters is 7. The molecule has 3 heterocycles. The number of Topliss-reactive ketones (excluding diaryl/α,β-unsaturated/α-hetero) is 1. The molecule has 19 nitrogen and oxygen atoms in total. The number of ketones is 1. The Morgan fingerprint density at radius 1 is 0.754 bits per heavy atom. The third-order valence-electron chi connectivity index (χ3n) is 12.6. The summed E-state index contributed by atoms with van der Waals surface area (Å²) < 4.78 is 48.9. The van der Waals surface area contributed by atoms with Gasteiger partial charge in [0.1, 0.15) is 35.9 Å². The largest absolute Gasteiger partial charge is 0.465 e. The molecule has 19 heteroatoms. The minimum Gasteiger partial charge on any atom is -0.465 e. The molecular weight excluding hydrogens is 854 g/mol. The molecule has 3 fully saturated rings. The van der Waals surface area contributed by atoms with Gasteiger partial charge in [0.25, 0.3) is 0 Å². The lowest BCUT2D eigenvalue weighted by Crippen LogP contribution is -2.89. The van der Waals surface area contributed by atoms with E-state index < -0.39 is 131 Å². The first-order valence-electron chi connectivity index (χ1n) is 20.6. The van der Waals surface area contributed by atoms with Gasteiger partial charge in [-0.25, -0.2) is 19.2 Å². The molecule has 344 valence electrons. The van der Waals surface area contributed by atoms with Gasteiger partial charge < -0.3 is 48.1 Å². The summed E-state index contributed by atoms with van der Waals surface area (Å²) in [7, 11) is 0. The van der Waals surface area contributed by atoms with Gasteiger partial charge in [0.15, 0.2) is 41.4 Å². The summed E-state index contributed by atoms with van der Waals surface area (Å²) in [6.45, 7) is 4.17. The minimum atomic E-state index is -3.03. The number of aliphatic hydroxyl groups is 2. The van der Waals surface area contributed by atoms with Crippen molar-refractivity contribution >= 4 is 47.6 Å². The van der Waals surface area contributed by atoms with Crippen LogP contribution < -0.4 is 0 Å². The summed E-state index contributed by atoms with van der Waals surface area (Å²) >= 11 is 0. The van der Waals surface area contributed by atoms with E-state index in [1.54, 1.807) is 12.1 Å². The van der Waals surface area contributed by atoms with E-state index in [0.29, 0.717) is 0 Å². The van der Waals surface area contributed by atoms with Gasteiger partial charge in [-0.1, -0.05) is 36.4 Å². The predicted octanol–water partition coefficient (Wildman–Crippen LogP) is 2.20. The van der Waals surface area contributed by atoms with Crippen LogP contribution in [0.2, 0.25) is 0 Å². The summed E-state index contributed by atoms with van der Waals surface area (Å²) in [6, 6.07) is 17.3. The molecule has 2 N–H and O–H groups in total. The highest BCUT2D eigenvalue weighted by Gasteiger charge is 2.91. The third kappa shape index (κ3) is 7.80. The fraction of sp³-hybridized carbons (Fsp3) is 0.457. The van der Waals surface area contributed by atoms with Crippen molar-refractivity contribution in [2.75, 3.05) is 13.2 Å². The lowest BCUT2D eigenvalue weighted by Gasteiger charge is -2.66. The van der Waals surface area contributed by atoms with Crippen molar-refractivity contribution in [3.05, 3.63) is 101 Å². The molecule has 1 saturated heterocycles. The Hall–Kier alpha value is -6.57. The molecule has 4 bridgehead atoms. The van der Waals surface area contributed by atoms with Crippen LogP contribution in [0.15, 0.2) is 79.0 Å². The topological polar surface area (TPSA) is 264 Å². The Balaban J connectivity index is 1.61. The van der Waals surface area contributed by atoms with E-state index in [-0.39, 0.29) is 28.8 Å². The van der Waals surface area contributed by atoms with Gasteiger partial charge in [-0.15, -0.1) is 0 Å². The molecule has 0 unspecified atom stereocenters. The zero-order valence-electron chi connectivity index (χ0n) is 36.2. The van der Waals surface area contributed by atoms with Crippen molar-refractivity contribution in [2.24, 2.45) is 11.3 Å². The second kappa shape index (κ2) is 17.1. The van der Waals surface area contributed by atoms with Crippen molar-refractivity contribution in [1.29, 1.82) is 0 Å². The van der Waals surface area contributed by atoms with E-state index in [4.69, 9.17) is 37.9 Å². The molecule has 0 radical (unpaired) electrons. The van der Waals surface area contributed by atoms with Crippen LogP contribution in [0, 0.1) is 11.3 Å². The highest BCUT2D eigenvalue weighted by molar-refractivity contribution is 5.95. The van der Waals surface area contributed by atoms with Crippen molar-refractivity contribution in [1.82, 2.24) is 4.98 Å². The van der Waals surface area contributed by atoms with E-state index in [1.807, 2.05) is 0 Å². The molecule has 65 heavy (non-hydrogen) atoms. The second-order valence-electron chi connectivity index (χ2n) is 17.1. The average Bonchev–Trinajstić information content (AvgIpc) is 3.49. The molecule has 1 aromatic heterocycles. The van der Waals surface area contributed by atoms with Crippen LogP contribution in [0.1, 0.15) is 84.7 Å². The van der Waals surface area contributed by atoms with Gasteiger partial charge in [0.05, 0.1) is 28.3 Å². The molecule has 3 aromatic rings. The predicted molar refractivity (Wildman–Crippen MR) is 216 cm³/mol. The van der Waals surface area contributed by atoms with Crippen LogP contribution in [-0.4, -0.2) is 129 Å². The van der Waals surface area contributed by atoms with Crippen LogP contribution in [-0.2, 0) is 68.3 Å². The minimum absolute atomic E-state index is 0.0766. The van der Waals surface area contributed by atoms with Crippen molar-refractivity contribution in [3.63, 3.8) is 0 Å². The Labute approximate surface area is 371 Å². The normalized spacial score (nSPS) is 34.0. The summed E-state index contributed by atoms with van der Waals surface area (Å²) in [6.07, 6.45) is -10.7. The summed E-state index contributed by atoms with van der Waals surface area (Å²) in [5, 5.41) is 25.5. The number of pyridine rings is 1. The summed E-state index contributed by atoms with van der Waals surface area (Å²) in [4.78, 5) is 117. The number of cyclic esters (lactones) is 1. The lowest BCUT2D eigenvalue weighted by atomic mass is 9.45. The van der Waals surface area contributed by atoms with E-state index in [1.165, 1.54) is 73.8 Å². The number of carbonyl (C=O) groups is 8. The monoisotopic (exact) mass is 901 g/mol. The number of ether oxygens (including phenoxy) is 8. The first-order chi connectivity index (χ1) is 30.6. The number of aryl methyl sites for hydroxylation is 1. The van der Waals surface area contributed by atoms with Crippen molar-refractivity contribution in [2.45, 2.75) is 107 Å². The number of hydrogen-bond donors (Lipinski definition) is 2. The fourth-order valence-corrected chi connectivity index (χ4v) is 9.75. The Morgan fingerprint density at radius 3 is 1.94 bits per heavy atom. The first kappa shape index (κ1) is 46.4. The van der Waals surface area contributed by atoms with Gasteiger partial charge in [0, 0.05) is 27.0 Å². The van der Waals surface area contributed by atoms with Crippen molar-refractivity contribution in [3.8, 4) is 0 Å². The molecular formula is C46H47NO18. The van der Waals surface area contributed by atoms with Crippen LogP contribution in [0.25, 0.3) is 0 Å². The van der Waals surface area contributed by atoms with E-state index in [9.17, 15) is 43.8 Å². The molecule has 1 spiro atoms. The zero-order chi connectivity index (χ0) is 47.3. The molecule has 7 rings (SSSR count). The molecule has 0 amide bonds. The van der Waals surface area contributed by atoms with Crippen LogP contribution >= 0.6 is 0 Å². The maximum atomic E-state index is 15.6. The number of fused-ring (bicyclic) bond motifs is 5. The number of aromatic nitrogens is 1. The third-order valence-corrected chi connectivity index (χ3v) is 12.6. The lowest BCUT2D eigenvalue weighted by molar-refractivity contribution is -0.375. The number of rotatable bonds is 8. The summed E-state index contributed by atoms with van der Waals surface area (Å²) in [5.41, 5.74) is -13.8. The highest BCUT2D eigenvalue weighted by atomic mass is 16.7. The average molecular weight is 902 g/mol. The van der Waals surface area contributed by atoms with Crippen LogP contribution in [0.5, 0.6) is 0 Å². The molecule has 2 aromatic carbocycles. The van der Waals surface area contributed by atoms with E-state index in [0.717, 1.165) is 34.6 Å². The molecule has 2 saturated carbocycles. The maximum Gasteiger partial charge on any atom is 0.340 e. The Morgan fingerprint density at radius 2 is 1.35 bits per heavy atom. The van der Waals surface area contributed by atoms with Gasteiger partial charge >= 0.3 is 41.8 Å². The van der Waals surface area contributed by atoms with Gasteiger partial charge in [-0.05, 0) is 70.0 Å². The van der Waals surface area contributed by atoms with Gasteiger partial charge in [0.2, 0.25) is 0 Å². The zero-order valence-corrected chi connectivity index (χ0v) is 36.2. The molecule has 4 aliphatic rings. The SMILES string of the molecule is CC(=O)OC[C@]12[C@H](OC(C)=O)C(=O)[C@@H]3[C@H](OC(C)=O)[C@@]14O[C@@]3(C)COC(=O)c1cccnc1CC[C@@](C)(O)C(=O)O[C@@H]([C@H](OC(=O)c1ccccc1)[C@@H]2OC(=O)c1ccccc1)[C@]4(C)O. The standard InChI is InChI=1S/C46H47NO18/c1-24(48)58-23-45-35(61-26(3)50)32(51)31-34(60-25(2)49)46(45)44(6,57)36(33(62-38(52)27-14-9-7-10-15-27)37(45)63-39(53)28-16-11-8-12-17-28)64-41(55)42(4,56)20-19-30-29(18-13-21-47-30)40(54)59-22-43(31,5)65-46/h7-18,21,31,33-37,56-57H,19-20,22-23H2,1-6H3/t31-,33+,34+,35-,36+,37+,42-,43+,44+,45-,46+/m1/s1. The molecule has 2 aliphatic heterocycles. The van der Waals surface area contributed by atoms with Gasteiger partial charge in [-0.3, -0.25) is 24.2 Å². The number of hydrogen-bond acceptors (Lipinski definition) is 19. The van der Waals surface area contributed by atoms with Crippen molar-refractivity contribution < 1.29 is 86.5 Å². The van der Waals surface area contributed by atoms with Gasteiger partial charge in [-0.2, -0.15) is 0 Å². The highest BCUT2D eigenvalue weighted by Crippen LogP contribution is 2.69. The van der Waals surface area contributed by atoms with Crippen LogP contribution in [0.4, 0.5) is 0 Å².